The Morgan fingerprint density at radius 3 is 2.50 bits per heavy atom. The van der Waals surface area contributed by atoms with Gasteiger partial charge in [-0.3, -0.25) is 4.79 Å². The van der Waals surface area contributed by atoms with Crippen LogP contribution in [0.2, 0.25) is 0 Å². The third-order valence-corrected chi connectivity index (χ3v) is 9.31. The normalized spacial score (nSPS) is 36.3. The average molecular weight is 437 g/mol. The van der Waals surface area contributed by atoms with Crippen LogP contribution in [-0.2, 0) is 14.3 Å². The standard InChI is InChI=1S/C28H36O4/c1-27-16-24(18-5-9-21(31-3)10-6-18)26-22-12-8-20(29)15-19(22)7-11-23(26)25(27)13-14-28(27,32-4)17-30-2/h5-6,9-10,15,23-25H,7-8,11-14,16-17H2,1-4H3/t23-,24+,25-,27-,28?/m0/s1. The molecule has 32 heavy (non-hydrogen) atoms. The Hall–Kier alpha value is -1.91. The lowest BCUT2D eigenvalue weighted by Gasteiger charge is -2.55. The summed E-state index contributed by atoms with van der Waals surface area (Å²) in [7, 11) is 5.39. The van der Waals surface area contributed by atoms with Crippen molar-refractivity contribution in [1.29, 1.82) is 0 Å². The molecule has 0 spiro atoms. The van der Waals surface area contributed by atoms with E-state index in [0.29, 0.717) is 36.6 Å². The van der Waals surface area contributed by atoms with Crippen molar-refractivity contribution in [3.63, 3.8) is 0 Å². The monoisotopic (exact) mass is 436 g/mol. The van der Waals surface area contributed by atoms with Crippen LogP contribution in [0.15, 0.2) is 47.1 Å². The first kappa shape index (κ1) is 21.9. The molecule has 0 radical (unpaired) electrons. The minimum absolute atomic E-state index is 0.0444. The van der Waals surface area contributed by atoms with Crippen molar-refractivity contribution in [2.45, 2.75) is 63.4 Å². The van der Waals surface area contributed by atoms with Gasteiger partial charge in [-0.05, 0) is 85.3 Å². The third kappa shape index (κ3) is 3.13. The van der Waals surface area contributed by atoms with E-state index >= 15 is 0 Å². The van der Waals surface area contributed by atoms with Gasteiger partial charge in [0, 0.05) is 32.0 Å². The van der Waals surface area contributed by atoms with Gasteiger partial charge >= 0.3 is 0 Å². The molecule has 0 bridgehead atoms. The van der Waals surface area contributed by atoms with E-state index in [1.54, 1.807) is 19.8 Å². The zero-order chi connectivity index (χ0) is 22.5. The molecule has 4 nitrogen and oxygen atoms in total. The predicted molar refractivity (Wildman–Crippen MR) is 125 cm³/mol. The maximum atomic E-state index is 12.2. The lowest BCUT2D eigenvalue weighted by Crippen LogP contribution is -2.54. The predicted octanol–water partition coefficient (Wildman–Crippen LogP) is 5.63. The van der Waals surface area contributed by atoms with Gasteiger partial charge < -0.3 is 14.2 Å². The molecule has 2 fully saturated rings. The number of carbonyl (C=O) groups excluding carboxylic acids is 1. The topological polar surface area (TPSA) is 44.8 Å². The summed E-state index contributed by atoms with van der Waals surface area (Å²) in [6, 6.07) is 8.65. The largest absolute Gasteiger partial charge is 0.497 e. The lowest BCUT2D eigenvalue weighted by molar-refractivity contribution is -0.149. The van der Waals surface area contributed by atoms with Gasteiger partial charge in [-0.2, -0.15) is 0 Å². The van der Waals surface area contributed by atoms with Crippen LogP contribution in [0.25, 0.3) is 0 Å². The summed E-state index contributed by atoms with van der Waals surface area (Å²) in [5.41, 5.74) is 5.57. The van der Waals surface area contributed by atoms with Crippen molar-refractivity contribution in [3.8, 4) is 5.75 Å². The molecular formula is C28H36O4. The second kappa shape index (κ2) is 8.14. The van der Waals surface area contributed by atoms with Gasteiger partial charge in [0.1, 0.15) is 5.75 Å². The second-order valence-corrected chi connectivity index (χ2v) is 10.4. The highest BCUT2D eigenvalue weighted by molar-refractivity contribution is 5.93. The fraction of sp³-hybridized carbons (Fsp3) is 0.607. The Morgan fingerprint density at radius 1 is 1.03 bits per heavy atom. The maximum Gasteiger partial charge on any atom is 0.156 e. The molecule has 4 heteroatoms. The number of benzene rings is 1. The van der Waals surface area contributed by atoms with E-state index in [-0.39, 0.29) is 11.0 Å². The van der Waals surface area contributed by atoms with Crippen molar-refractivity contribution in [1.82, 2.24) is 0 Å². The quantitative estimate of drug-likeness (QED) is 0.600. The van der Waals surface area contributed by atoms with Crippen LogP contribution in [0.1, 0.15) is 63.4 Å². The van der Waals surface area contributed by atoms with Crippen molar-refractivity contribution >= 4 is 5.78 Å². The number of methoxy groups -OCH3 is 3. The number of rotatable bonds is 5. The first-order chi connectivity index (χ1) is 15.5. The van der Waals surface area contributed by atoms with Gasteiger partial charge in [0.2, 0.25) is 0 Å². The Morgan fingerprint density at radius 2 is 1.81 bits per heavy atom. The Balaban J connectivity index is 1.66. The van der Waals surface area contributed by atoms with E-state index in [1.165, 1.54) is 23.1 Å². The molecule has 0 saturated heterocycles. The van der Waals surface area contributed by atoms with Crippen molar-refractivity contribution in [3.05, 3.63) is 52.6 Å². The SMILES string of the molecule is COCC1(OC)CC[C@H]2[C@@H]3CCC4=CC(=O)CCC4=C3[C@@H](c3ccc(OC)cc3)C[C@@]21C. The van der Waals surface area contributed by atoms with Gasteiger partial charge in [0.15, 0.2) is 5.78 Å². The lowest BCUT2D eigenvalue weighted by atomic mass is 9.51. The van der Waals surface area contributed by atoms with Crippen LogP contribution in [0, 0.1) is 17.3 Å². The van der Waals surface area contributed by atoms with E-state index < -0.39 is 0 Å². The van der Waals surface area contributed by atoms with Gasteiger partial charge in [-0.15, -0.1) is 0 Å². The summed E-state index contributed by atoms with van der Waals surface area (Å²) >= 11 is 0. The van der Waals surface area contributed by atoms with Gasteiger partial charge in [0.25, 0.3) is 0 Å². The zero-order valence-corrected chi connectivity index (χ0v) is 19.9. The minimum Gasteiger partial charge on any atom is -0.497 e. The highest BCUT2D eigenvalue weighted by Gasteiger charge is 2.63. The van der Waals surface area contributed by atoms with Crippen molar-refractivity contribution in [2.24, 2.45) is 17.3 Å². The van der Waals surface area contributed by atoms with Crippen LogP contribution in [-0.4, -0.2) is 39.3 Å². The molecule has 4 aliphatic rings. The van der Waals surface area contributed by atoms with Crippen LogP contribution in [0.4, 0.5) is 0 Å². The van der Waals surface area contributed by atoms with Crippen LogP contribution >= 0.6 is 0 Å². The van der Waals surface area contributed by atoms with Crippen LogP contribution < -0.4 is 4.74 Å². The van der Waals surface area contributed by atoms with Gasteiger partial charge in [0.05, 0.1) is 19.3 Å². The first-order valence-corrected chi connectivity index (χ1v) is 12.1. The average Bonchev–Trinajstić information content (AvgIpc) is 3.10. The number of allylic oxidation sites excluding steroid dienone is 4. The summed E-state index contributed by atoms with van der Waals surface area (Å²) in [6.45, 7) is 3.10. The van der Waals surface area contributed by atoms with Gasteiger partial charge in [-0.25, -0.2) is 0 Å². The maximum absolute atomic E-state index is 12.2. The van der Waals surface area contributed by atoms with E-state index in [2.05, 4.69) is 31.2 Å². The number of ether oxygens (including phenoxy) is 3. The molecule has 2 saturated carbocycles. The summed E-state index contributed by atoms with van der Waals surface area (Å²) < 4.78 is 17.5. The highest BCUT2D eigenvalue weighted by atomic mass is 16.5. The molecule has 0 aliphatic heterocycles. The summed E-state index contributed by atoms with van der Waals surface area (Å²) in [5, 5.41) is 0. The molecule has 0 heterocycles. The molecule has 5 rings (SSSR count). The van der Waals surface area contributed by atoms with E-state index in [0.717, 1.165) is 37.9 Å². The first-order valence-electron chi connectivity index (χ1n) is 12.1. The zero-order valence-electron chi connectivity index (χ0n) is 19.9. The fourth-order valence-corrected chi connectivity index (χ4v) is 7.74. The molecule has 1 aromatic rings. The molecule has 5 atom stereocenters. The summed E-state index contributed by atoms with van der Waals surface area (Å²) in [6.07, 6.45) is 8.95. The molecule has 1 aromatic carbocycles. The molecule has 1 unspecified atom stereocenters. The van der Waals surface area contributed by atoms with E-state index in [9.17, 15) is 4.79 Å². The number of ketones is 1. The smallest absolute Gasteiger partial charge is 0.156 e. The second-order valence-electron chi connectivity index (χ2n) is 10.4. The van der Waals surface area contributed by atoms with Crippen molar-refractivity contribution < 1.29 is 19.0 Å². The Kier molecular flexibility index (Phi) is 5.58. The number of hydrogen-bond acceptors (Lipinski definition) is 4. The molecule has 0 amide bonds. The molecule has 172 valence electrons. The summed E-state index contributed by atoms with van der Waals surface area (Å²) in [5.74, 6) is 2.66. The number of hydrogen-bond donors (Lipinski definition) is 0. The van der Waals surface area contributed by atoms with Gasteiger partial charge in [-0.1, -0.05) is 24.6 Å². The molecular weight excluding hydrogens is 400 g/mol. The molecule has 0 N–H and O–H groups in total. The Labute approximate surface area is 192 Å². The minimum atomic E-state index is -0.244. The number of fused-ring (bicyclic) bond motifs is 4. The highest BCUT2D eigenvalue weighted by Crippen LogP contribution is 2.67. The molecule has 0 aromatic heterocycles. The third-order valence-electron chi connectivity index (χ3n) is 9.31. The van der Waals surface area contributed by atoms with E-state index in [4.69, 9.17) is 14.2 Å². The van der Waals surface area contributed by atoms with E-state index in [1.807, 2.05) is 13.2 Å². The van der Waals surface area contributed by atoms with Crippen LogP contribution in [0.3, 0.4) is 0 Å². The molecule has 4 aliphatic carbocycles. The number of carbonyl (C=O) groups is 1. The van der Waals surface area contributed by atoms with Crippen LogP contribution in [0.5, 0.6) is 5.75 Å². The fourth-order valence-electron chi connectivity index (χ4n) is 7.74. The Bertz CT molecular complexity index is 958. The van der Waals surface area contributed by atoms with Crippen molar-refractivity contribution in [2.75, 3.05) is 27.9 Å². The summed E-state index contributed by atoms with van der Waals surface area (Å²) in [4.78, 5) is 12.2.